The second-order valence-electron chi connectivity index (χ2n) is 8.21. The molecule has 0 radical (unpaired) electrons. The third-order valence-corrected chi connectivity index (χ3v) is 7.31. The molecule has 1 atom stereocenters. The summed E-state index contributed by atoms with van der Waals surface area (Å²) < 4.78 is 30.2. The molecule has 3 heterocycles. The maximum atomic E-state index is 12.9. The van der Waals surface area contributed by atoms with Crippen molar-refractivity contribution >= 4 is 27.5 Å². The Balaban J connectivity index is 1.55. The van der Waals surface area contributed by atoms with Crippen molar-refractivity contribution < 1.29 is 17.9 Å². The van der Waals surface area contributed by atoms with Gasteiger partial charge in [-0.1, -0.05) is 12.8 Å². The first-order valence-corrected chi connectivity index (χ1v) is 12.1. The average Bonchev–Trinajstić information content (AvgIpc) is 3.21. The third-order valence-electron chi connectivity index (χ3n) is 6.00. The Labute approximate surface area is 176 Å². The molecule has 4 aliphatic rings. The molecule has 1 aliphatic carbocycles. The molecule has 1 unspecified atom stereocenters. The van der Waals surface area contributed by atoms with Crippen molar-refractivity contribution in [1.82, 2.24) is 19.8 Å². The molecule has 4 rings (SSSR count). The summed E-state index contributed by atoms with van der Waals surface area (Å²) in [7, 11) is -1.69. The number of rotatable bonds is 5. The maximum absolute atomic E-state index is 12.9. The Hall–Kier alpha value is -2.02. The molecule has 3 aliphatic heterocycles. The molecule has 0 aromatic rings. The lowest BCUT2D eigenvalue weighted by Crippen LogP contribution is -2.72. The van der Waals surface area contributed by atoms with E-state index in [0.29, 0.717) is 37.6 Å². The minimum atomic E-state index is -3.21. The average molecular weight is 440 g/mol. The van der Waals surface area contributed by atoms with Crippen LogP contribution in [0.1, 0.15) is 38.5 Å². The van der Waals surface area contributed by atoms with Crippen molar-refractivity contribution in [2.45, 2.75) is 56.5 Å². The van der Waals surface area contributed by atoms with Gasteiger partial charge in [0.25, 0.3) is 5.91 Å². The number of amides is 1. The van der Waals surface area contributed by atoms with Gasteiger partial charge in [0.2, 0.25) is 21.8 Å². The highest BCUT2D eigenvalue weighted by Crippen LogP contribution is 2.28. The molecular weight excluding hydrogens is 410 g/mol. The molecule has 4 N–H and O–H groups in total. The highest BCUT2D eigenvalue weighted by molar-refractivity contribution is 7.88. The molecule has 0 aromatic carbocycles. The summed E-state index contributed by atoms with van der Waals surface area (Å²) in [6.45, 7) is 0.801. The monoisotopic (exact) mass is 439 g/mol. The van der Waals surface area contributed by atoms with Gasteiger partial charge < -0.3 is 15.0 Å². The highest BCUT2D eigenvalue weighted by atomic mass is 32.2. The van der Waals surface area contributed by atoms with E-state index in [4.69, 9.17) is 10.5 Å². The van der Waals surface area contributed by atoms with Crippen LogP contribution in [-0.2, 0) is 19.6 Å². The number of nitrogens with one attached hydrogen (secondary N) is 2. The van der Waals surface area contributed by atoms with E-state index in [1.165, 1.54) is 17.7 Å². The number of carbonyl (C=O) groups is 1. The predicted molar refractivity (Wildman–Crippen MR) is 112 cm³/mol. The zero-order chi connectivity index (χ0) is 21.5. The number of hydrogen-bond donors (Lipinski definition) is 3. The second-order valence-corrected chi connectivity index (χ2v) is 10.2. The Morgan fingerprint density at radius 2 is 1.93 bits per heavy atom. The lowest BCUT2D eigenvalue weighted by atomic mass is 10.1. The third kappa shape index (κ3) is 4.22. The van der Waals surface area contributed by atoms with Crippen molar-refractivity contribution in [2.75, 3.05) is 26.5 Å². The quantitative estimate of drug-likeness (QED) is 0.478. The van der Waals surface area contributed by atoms with Gasteiger partial charge in [0.1, 0.15) is 0 Å². The number of nitrogens with two attached hydrogens (primary N) is 1. The molecule has 166 valence electrons. The summed E-state index contributed by atoms with van der Waals surface area (Å²) >= 11 is 0. The Bertz CT molecular complexity index is 901. The SMILES string of the molecule is COC1=CN(C2CCCC2)C2=NC(N)(NC3CCN(S(C)(=O)=O)CC3)NC(=O)C2=N1. The lowest BCUT2D eigenvalue weighted by molar-refractivity contribution is -0.117. The number of fused-ring (bicyclic) bond motifs is 1. The van der Waals surface area contributed by atoms with Gasteiger partial charge in [-0.3, -0.25) is 15.8 Å². The zero-order valence-corrected chi connectivity index (χ0v) is 18.1. The van der Waals surface area contributed by atoms with Gasteiger partial charge >= 0.3 is 0 Å². The standard InChI is InChI=1S/C18H29N7O4S/c1-29-14-11-25(13-5-3-4-6-13)16-15(20-14)17(26)23-18(19,22-16)21-12-7-9-24(10-8-12)30(2,27)28/h11-13,21H,3-10,19H2,1-2H3,(H,23,26). The van der Waals surface area contributed by atoms with Crippen molar-refractivity contribution in [3.05, 3.63) is 12.1 Å². The number of hydrogen-bond acceptors (Lipinski definition) is 9. The van der Waals surface area contributed by atoms with Crippen molar-refractivity contribution in [2.24, 2.45) is 15.7 Å². The van der Waals surface area contributed by atoms with Gasteiger partial charge in [-0.05, 0) is 25.7 Å². The van der Waals surface area contributed by atoms with E-state index in [9.17, 15) is 13.2 Å². The van der Waals surface area contributed by atoms with Crippen molar-refractivity contribution in [1.29, 1.82) is 0 Å². The van der Waals surface area contributed by atoms with Crippen molar-refractivity contribution in [3.8, 4) is 0 Å². The molecule has 12 heteroatoms. The Morgan fingerprint density at radius 3 is 2.53 bits per heavy atom. The molecule has 11 nitrogen and oxygen atoms in total. The zero-order valence-electron chi connectivity index (χ0n) is 17.3. The molecule has 0 aromatic heterocycles. The van der Waals surface area contributed by atoms with E-state index in [1.54, 1.807) is 6.20 Å². The van der Waals surface area contributed by atoms with E-state index < -0.39 is 21.8 Å². The molecule has 0 bridgehead atoms. The van der Waals surface area contributed by atoms with Crippen LogP contribution < -0.4 is 16.4 Å². The summed E-state index contributed by atoms with van der Waals surface area (Å²) in [5.74, 6) is -1.11. The number of methoxy groups -OCH3 is 1. The minimum Gasteiger partial charge on any atom is -0.480 e. The summed E-state index contributed by atoms with van der Waals surface area (Å²) in [6.07, 6.45) is 8.38. The molecule has 1 saturated heterocycles. The van der Waals surface area contributed by atoms with Crippen LogP contribution in [0.25, 0.3) is 0 Å². The number of sulfonamides is 1. The Kier molecular flexibility index (Phi) is 5.60. The predicted octanol–water partition coefficient (Wildman–Crippen LogP) is -0.757. The van der Waals surface area contributed by atoms with Crippen molar-refractivity contribution in [3.63, 3.8) is 0 Å². The maximum Gasteiger partial charge on any atom is 0.277 e. The largest absolute Gasteiger partial charge is 0.480 e. The fraction of sp³-hybridized carbons (Fsp3) is 0.722. The van der Waals surface area contributed by atoms with Gasteiger partial charge in [0.05, 0.1) is 19.6 Å². The van der Waals surface area contributed by atoms with Crippen LogP contribution in [-0.4, -0.2) is 79.5 Å². The number of aliphatic imine (C=N–C) groups is 2. The van der Waals surface area contributed by atoms with E-state index in [2.05, 4.69) is 20.6 Å². The lowest BCUT2D eigenvalue weighted by Gasteiger charge is -2.41. The number of ether oxygens (including phenoxy) is 1. The fourth-order valence-electron chi connectivity index (χ4n) is 4.45. The number of nitrogens with zero attached hydrogens (tertiary/aromatic N) is 4. The first kappa shape index (κ1) is 21.2. The normalized spacial score (nSPS) is 29.1. The van der Waals surface area contributed by atoms with Crippen LogP contribution in [0.5, 0.6) is 0 Å². The second kappa shape index (κ2) is 7.91. The first-order chi connectivity index (χ1) is 14.2. The van der Waals surface area contributed by atoms with Crippen LogP contribution in [0.2, 0.25) is 0 Å². The molecule has 1 saturated carbocycles. The number of piperidine rings is 1. The fourth-order valence-corrected chi connectivity index (χ4v) is 5.33. The van der Waals surface area contributed by atoms with Crippen LogP contribution in [0.4, 0.5) is 0 Å². The van der Waals surface area contributed by atoms with Crippen LogP contribution >= 0.6 is 0 Å². The van der Waals surface area contributed by atoms with Gasteiger partial charge in [0.15, 0.2) is 11.5 Å². The molecule has 30 heavy (non-hydrogen) atoms. The first-order valence-electron chi connectivity index (χ1n) is 10.3. The molecule has 2 fully saturated rings. The molecule has 1 amide bonds. The summed E-state index contributed by atoms with van der Waals surface area (Å²) in [5, 5.41) is 5.91. The summed E-state index contributed by atoms with van der Waals surface area (Å²) in [6, 6.07) is 0.136. The van der Waals surface area contributed by atoms with Gasteiger partial charge in [-0.15, -0.1) is 0 Å². The molecule has 0 spiro atoms. The van der Waals surface area contributed by atoms with Crippen LogP contribution in [0.3, 0.4) is 0 Å². The minimum absolute atomic E-state index is 0.0789. The number of carbonyl (C=O) groups excluding carboxylic acids is 1. The van der Waals surface area contributed by atoms with Gasteiger partial charge in [-0.2, -0.15) is 0 Å². The Morgan fingerprint density at radius 1 is 1.27 bits per heavy atom. The smallest absolute Gasteiger partial charge is 0.277 e. The van der Waals surface area contributed by atoms with Crippen LogP contribution in [0.15, 0.2) is 22.1 Å². The van der Waals surface area contributed by atoms with Gasteiger partial charge in [0, 0.05) is 25.2 Å². The topological polar surface area (TPSA) is 142 Å². The summed E-state index contributed by atoms with van der Waals surface area (Å²) in [4.78, 5) is 23.8. The van der Waals surface area contributed by atoms with E-state index in [-0.39, 0.29) is 17.8 Å². The molecular formula is C18H29N7O4S. The highest BCUT2D eigenvalue weighted by Gasteiger charge is 2.43. The van der Waals surface area contributed by atoms with Crippen LogP contribution in [0, 0.1) is 0 Å². The summed E-state index contributed by atoms with van der Waals surface area (Å²) in [5.41, 5.74) is 6.63. The van der Waals surface area contributed by atoms with Gasteiger partial charge in [-0.25, -0.2) is 22.7 Å². The van der Waals surface area contributed by atoms with E-state index in [0.717, 1.165) is 25.7 Å². The van der Waals surface area contributed by atoms with E-state index >= 15 is 0 Å². The number of amidine groups is 1. The van der Waals surface area contributed by atoms with E-state index in [1.807, 2.05) is 4.90 Å².